The summed E-state index contributed by atoms with van der Waals surface area (Å²) in [4.78, 5) is 15.0. The largest absolute Gasteiger partial charge is 0.461 e. The molecular formula is C19H27NO4. The molecule has 132 valence electrons. The summed E-state index contributed by atoms with van der Waals surface area (Å²) in [5.41, 5.74) is 1.24. The van der Waals surface area contributed by atoms with Crippen LogP contribution in [0.5, 0.6) is 0 Å². The van der Waals surface area contributed by atoms with Gasteiger partial charge in [-0.2, -0.15) is 0 Å². The predicted octanol–water partition coefficient (Wildman–Crippen LogP) is 1.76. The molecule has 3 heterocycles. The van der Waals surface area contributed by atoms with E-state index in [0.717, 1.165) is 52.1 Å². The van der Waals surface area contributed by atoms with E-state index < -0.39 is 0 Å². The molecule has 5 rings (SSSR count). The Morgan fingerprint density at radius 3 is 2.92 bits per heavy atom. The van der Waals surface area contributed by atoms with Gasteiger partial charge in [0.25, 0.3) is 0 Å². The zero-order chi connectivity index (χ0) is 16.5. The SMILES string of the molecule is CC1=CCC23OC2(C)CCC2C(CN4CCOCC4)C(=O)OC2C13. The number of morpholine rings is 1. The van der Waals surface area contributed by atoms with E-state index >= 15 is 0 Å². The van der Waals surface area contributed by atoms with Gasteiger partial charge in [0, 0.05) is 31.5 Å². The molecule has 1 spiro atoms. The van der Waals surface area contributed by atoms with E-state index in [1.54, 1.807) is 0 Å². The van der Waals surface area contributed by atoms with E-state index in [1.165, 1.54) is 5.57 Å². The van der Waals surface area contributed by atoms with Gasteiger partial charge >= 0.3 is 5.97 Å². The normalized spacial score (nSPS) is 50.4. The van der Waals surface area contributed by atoms with Crippen LogP contribution in [-0.4, -0.2) is 61.0 Å². The second-order valence-corrected chi connectivity index (χ2v) is 8.48. The van der Waals surface area contributed by atoms with Crippen molar-refractivity contribution in [1.29, 1.82) is 0 Å². The van der Waals surface area contributed by atoms with Crippen LogP contribution >= 0.6 is 0 Å². The molecule has 4 fully saturated rings. The van der Waals surface area contributed by atoms with Crippen LogP contribution in [-0.2, 0) is 19.0 Å². The molecule has 24 heavy (non-hydrogen) atoms. The number of fused-ring (bicyclic) bond motifs is 2. The molecule has 0 bridgehead atoms. The van der Waals surface area contributed by atoms with E-state index in [-0.39, 0.29) is 35.1 Å². The monoisotopic (exact) mass is 333 g/mol. The summed E-state index contributed by atoms with van der Waals surface area (Å²) in [6.45, 7) is 8.66. The van der Waals surface area contributed by atoms with Crippen LogP contribution in [0.4, 0.5) is 0 Å². The minimum absolute atomic E-state index is 0.00613. The summed E-state index contributed by atoms with van der Waals surface area (Å²) in [5, 5.41) is 0. The zero-order valence-electron chi connectivity index (χ0n) is 14.6. The van der Waals surface area contributed by atoms with Crippen molar-refractivity contribution in [3.63, 3.8) is 0 Å². The molecule has 0 aromatic carbocycles. The summed E-state index contributed by atoms with van der Waals surface area (Å²) in [6, 6.07) is 0. The molecule has 5 heteroatoms. The molecular weight excluding hydrogens is 306 g/mol. The molecule has 0 amide bonds. The Morgan fingerprint density at radius 1 is 1.33 bits per heavy atom. The molecule has 0 aromatic heterocycles. The maximum atomic E-state index is 12.7. The molecule has 0 N–H and O–H groups in total. The van der Waals surface area contributed by atoms with Gasteiger partial charge in [-0.15, -0.1) is 0 Å². The minimum atomic E-state index is -0.0926. The van der Waals surface area contributed by atoms with Gasteiger partial charge < -0.3 is 14.2 Å². The van der Waals surface area contributed by atoms with Gasteiger partial charge in [-0.3, -0.25) is 9.69 Å². The van der Waals surface area contributed by atoms with Crippen molar-refractivity contribution in [1.82, 2.24) is 4.90 Å². The first kappa shape index (κ1) is 15.4. The number of nitrogens with zero attached hydrogens (tertiary/aromatic N) is 1. The predicted molar refractivity (Wildman–Crippen MR) is 87.4 cm³/mol. The molecule has 5 aliphatic rings. The Hall–Kier alpha value is -0.910. The Morgan fingerprint density at radius 2 is 2.12 bits per heavy atom. The van der Waals surface area contributed by atoms with Gasteiger partial charge in [0.15, 0.2) is 0 Å². The summed E-state index contributed by atoms with van der Waals surface area (Å²) >= 11 is 0. The van der Waals surface area contributed by atoms with Crippen LogP contribution in [0.25, 0.3) is 0 Å². The summed E-state index contributed by atoms with van der Waals surface area (Å²) < 4.78 is 17.7. The highest BCUT2D eigenvalue weighted by Crippen LogP contribution is 2.67. The van der Waals surface area contributed by atoms with Gasteiger partial charge in [0.2, 0.25) is 0 Å². The van der Waals surface area contributed by atoms with Crippen molar-refractivity contribution in [2.75, 3.05) is 32.8 Å². The second-order valence-electron chi connectivity index (χ2n) is 8.48. The highest BCUT2D eigenvalue weighted by molar-refractivity contribution is 5.76. The van der Waals surface area contributed by atoms with Crippen molar-refractivity contribution < 1.29 is 19.0 Å². The summed E-state index contributed by atoms with van der Waals surface area (Å²) in [7, 11) is 0. The lowest BCUT2D eigenvalue weighted by Crippen LogP contribution is -2.42. The van der Waals surface area contributed by atoms with Crippen LogP contribution in [0.3, 0.4) is 0 Å². The van der Waals surface area contributed by atoms with Crippen molar-refractivity contribution in [2.24, 2.45) is 17.8 Å². The standard InChI is InChI=1S/C19H27NO4/c1-12-3-6-19-15(12)16-13(4-5-18(19,2)24-19)14(17(21)23-16)11-20-7-9-22-10-8-20/h3,13-16H,4-11H2,1-2H3. The Kier molecular flexibility index (Phi) is 3.23. The minimum Gasteiger partial charge on any atom is -0.461 e. The molecule has 6 atom stereocenters. The molecule has 0 radical (unpaired) electrons. The fourth-order valence-electron chi connectivity index (χ4n) is 5.86. The van der Waals surface area contributed by atoms with E-state index in [0.29, 0.717) is 5.92 Å². The molecule has 2 aliphatic carbocycles. The summed E-state index contributed by atoms with van der Waals surface area (Å²) in [5.74, 6) is 0.612. The summed E-state index contributed by atoms with van der Waals surface area (Å²) in [6.07, 6.45) is 5.37. The van der Waals surface area contributed by atoms with Crippen molar-refractivity contribution in [3.05, 3.63) is 11.6 Å². The van der Waals surface area contributed by atoms with Crippen LogP contribution in [0.1, 0.15) is 33.1 Å². The maximum absolute atomic E-state index is 12.7. The molecule has 0 aromatic rings. The van der Waals surface area contributed by atoms with Gasteiger partial charge in [-0.1, -0.05) is 11.6 Å². The number of hydrogen-bond acceptors (Lipinski definition) is 5. The maximum Gasteiger partial charge on any atom is 0.310 e. The second kappa shape index (κ2) is 5.05. The molecule has 3 saturated heterocycles. The average molecular weight is 333 g/mol. The number of carbonyl (C=O) groups is 1. The third-order valence-electron chi connectivity index (χ3n) is 7.32. The highest BCUT2D eigenvalue weighted by Gasteiger charge is 2.75. The molecule has 1 saturated carbocycles. The van der Waals surface area contributed by atoms with Gasteiger partial charge in [-0.05, 0) is 33.1 Å². The zero-order valence-corrected chi connectivity index (χ0v) is 14.6. The fraction of sp³-hybridized carbons (Fsp3) is 0.842. The van der Waals surface area contributed by atoms with Crippen LogP contribution in [0.15, 0.2) is 11.6 Å². The molecule has 3 aliphatic heterocycles. The molecule has 5 nitrogen and oxygen atoms in total. The van der Waals surface area contributed by atoms with Gasteiger partial charge in [-0.25, -0.2) is 0 Å². The van der Waals surface area contributed by atoms with Crippen molar-refractivity contribution in [2.45, 2.75) is 50.4 Å². The van der Waals surface area contributed by atoms with E-state index in [2.05, 4.69) is 24.8 Å². The van der Waals surface area contributed by atoms with Crippen LogP contribution in [0.2, 0.25) is 0 Å². The number of ether oxygens (including phenoxy) is 3. The first-order valence-electron chi connectivity index (χ1n) is 9.41. The first-order valence-corrected chi connectivity index (χ1v) is 9.41. The van der Waals surface area contributed by atoms with Crippen LogP contribution in [0, 0.1) is 17.8 Å². The number of carbonyl (C=O) groups excluding carboxylic acids is 1. The Labute approximate surface area is 143 Å². The van der Waals surface area contributed by atoms with E-state index in [9.17, 15) is 4.79 Å². The third kappa shape index (κ3) is 1.95. The number of hydrogen-bond donors (Lipinski definition) is 0. The average Bonchev–Trinajstić information content (AvgIpc) is 2.88. The topological polar surface area (TPSA) is 51.3 Å². The van der Waals surface area contributed by atoms with Gasteiger partial charge in [0.1, 0.15) is 11.7 Å². The number of esters is 1. The molecule has 6 unspecified atom stereocenters. The smallest absolute Gasteiger partial charge is 0.310 e. The van der Waals surface area contributed by atoms with E-state index in [4.69, 9.17) is 14.2 Å². The van der Waals surface area contributed by atoms with E-state index in [1.807, 2.05) is 0 Å². The lowest BCUT2D eigenvalue weighted by Gasteiger charge is -2.31. The lowest BCUT2D eigenvalue weighted by atomic mass is 9.77. The number of epoxide rings is 1. The highest BCUT2D eigenvalue weighted by atomic mass is 16.6. The quantitative estimate of drug-likeness (QED) is 0.438. The lowest BCUT2D eigenvalue weighted by molar-refractivity contribution is -0.146. The third-order valence-corrected chi connectivity index (χ3v) is 7.32. The van der Waals surface area contributed by atoms with Crippen LogP contribution < -0.4 is 0 Å². The number of rotatable bonds is 2. The first-order chi connectivity index (χ1) is 11.5. The Bertz CT molecular complexity index is 598. The van der Waals surface area contributed by atoms with Gasteiger partial charge in [0.05, 0.1) is 24.7 Å². The Balaban J connectivity index is 1.41. The van der Waals surface area contributed by atoms with Crippen molar-refractivity contribution >= 4 is 5.97 Å². The fourth-order valence-corrected chi connectivity index (χ4v) is 5.86. The van der Waals surface area contributed by atoms with Crippen molar-refractivity contribution in [3.8, 4) is 0 Å².